The molecule has 8 nitrogen and oxygen atoms in total. The van der Waals surface area contributed by atoms with Crippen molar-refractivity contribution >= 4 is 46.3 Å². The molecule has 1 aromatic heterocycles. The smallest absolute Gasteiger partial charge is 0.331 e. The Morgan fingerprint density at radius 3 is 2.55 bits per heavy atom. The molecule has 4 amide bonds. The van der Waals surface area contributed by atoms with E-state index in [0.717, 1.165) is 21.2 Å². The molecule has 1 N–H and O–H groups in total. The largest absolute Gasteiger partial charge is 0.490 e. The average Bonchev–Trinajstić information content (AvgIpc) is 3.42. The Bertz CT molecular complexity index is 1560. The van der Waals surface area contributed by atoms with E-state index in [1.807, 2.05) is 49.4 Å². The van der Waals surface area contributed by atoms with Crippen LogP contribution < -0.4 is 14.8 Å². The second-order valence-electron chi connectivity index (χ2n) is 8.52. The van der Waals surface area contributed by atoms with Crippen LogP contribution in [0.3, 0.4) is 0 Å². The minimum atomic E-state index is -0.820. The molecule has 38 heavy (non-hydrogen) atoms. The van der Waals surface area contributed by atoms with Crippen molar-refractivity contribution in [3.63, 3.8) is 0 Å². The van der Waals surface area contributed by atoms with Crippen molar-refractivity contribution in [3.8, 4) is 11.5 Å². The van der Waals surface area contributed by atoms with E-state index >= 15 is 0 Å². The molecule has 4 aromatic rings. The lowest BCUT2D eigenvalue weighted by atomic mass is 10.1. The third-order valence-corrected chi connectivity index (χ3v) is 6.20. The summed E-state index contributed by atoms with van der Waals surface area (Å²) in [5.41, 5.74) is 1.17. The maximum absolute atomic E-state index is 13.0. The minimum absolute atomic E-state index is 0.116. The van der Waals surface area contributed by atoms with E-state index in [1.54, 1.807) is 24.3 Å². The zero-order valence-corrected chi connectivity index (χ0v) is 21.2. The van der Waals surface area contributed by atoms with Crippen LogP contribution in [-0.2, 0) is 22.7 Å². The van der Waals surface area contributed by atoms with Gasteiger partial charge in [-0.25, -0.2) is 4.79 Å². The summed E-state index contributed by atoms with van der Waals surface area (Å²) in [5.74, 6) is -0.447. The van der Waals surface area contributed by atoms with E-state index < -0.39 is 17.8 Å². The molecular weight excluding hydrogens is 508 g/mol. The van der Waals surface area contributed by atoms with E-state index in [0.29, 0.717) is 29.4 Å². The Hall–Kier alpha value is -4.56. The molecule has 192 valence electrons. The standard InChI is InChI=1S/C29H23ClN2O6/c1-2-36-25-15-19(13-23-27(33)31-29(35)32(28(23)34)16-22-8-5-11-37-22)14-24(30)26(25)38-17-18-9-10-20-6-3-4-7-21(20)12-18/h3-15H,2,16-17H2,1H3,(H,31,33,35)/b23-13+. The molecule has 1 aliphatic rings. The minimum Gasteiger partial charge on any atom is -0.490 e. The predicted octanol–water partition coefficient (Wildman–Crippen LogP) is 5.73. The normalized spacial score (nSPS) is 14.7. The first kappa shape index (κ1) is 25.1. The molecule has 0 aliphatic carbocycles. The lowest BCUT2D eigenvalue weighted by molar-refractivity contribution is -0.130. The van der Waals surface area contributed by atoms with Crippen LogP contribution in [0.25, 0.3) is 16.8 Å². The zero-order valence-electron chi connectivity index (χ0n) is 20.4. The number of ether oxygens (including phenoxy) is 2. The van der Waals surface area contributed by atoms with Crippen LogP contribution in [0.4, 0.5) is 4.79 Å². The maximum Gasteiger partial charge on any atom is 0.331 e. The molecule has 0 radical (unpaired) electrons. The van der Waals surface area contributed by atoms with Crippen LogP contribution >= 0.6 is 11.6 Å². The van der Waals surface area contributed by atoms with Gasteiger partial charge in [0.05, 0.1) is 24.4 Å². The van der Waals surface area contributed by atoms with Gasteiger partial charge in [-0.15, -0.1) is 0 Å². The quantitative estimate of drug-likeness (QED) is 0.231. The number of benzene rings is 3. The van der Waals surface area contributed by atoms with Crippen LogP contribution in [0.5, 0.6) is 11.5 Å². The number of imide groups is 2. The van der Waals surface area contributed by atoms with Crippen molar-refractivity contribution in [2.45, 2.75) is 20.1 Å². The second kappa shape index (κ2) is 10.8. The van der Waals surface area contributed by atoms with Gasteiger partial charge in [0.15, 0.2) is 11.5 Å². The van der Waals surface area contributed by atoms with E-state index in [1.165, 1.54) is 12.3 Å². The first-order valence-electron chi connectivity index (χ1n) is 11.9. The number of fused-ring (bicyclic) bond motifs is 1. The lowest BCUT2D eigenvalue weighted by Crippen LogP contribution is -2.53. The average molecular weight is 531 g/mol. The first-order valence-corrected chi connectivity index (χ1v) is 12.3. The van der Waals surface area contributed by atoms with Crippen LogP contribution in [0.1, 0.15) is 23.8 Å². The van der Waals surface area contributed by atoms with Crippen LogP contribution in [-0.4, -0.2) is 29.4 Å². The molecule has 0 spiro atoms. The number of carbonyl (C=O) groups excluding carboxylic acids is 3. The highest BCUT2D eigenvalue weighted by atomic mass is 35.5. The van der Waals surface area contributed by atoms with Gasteiger partial charge in [-0.1, -0.05) is 48.0 Å². The highest BCUT2D eigenvalue weighted by Crippen LogP contribution is 2.38. The predicted molar refractivity (Wildman–Crippen MR) is 142 cm³/mol. The summed E-state index contributed by atoms with van der Waals surface area (Å²) in [6.45, 7) is 2.31. The van der Waals surface area contributed by atoms with Gasteiger partial charge in [0.25, 0.3) is 11.8 Å². The topological polar surface area (TPSA) is 98.1 Å². The van der Waals surface area contributed by atoms with Gasteiger partial charge >= 0.3 is 6.03 Å². The van der Waals surface area contributed by atoms with Crippen molar-refractivity contribution in [2.24, 2.45) is 0 Å². The summed E-state index contributed by atoms with van der Waals surface area (Å²) in [4.78, 5) is 38.7. The maximum atomic E-state index is 13.0. The number of halogens is 1. The SMILES string of the molecule is CCOc1cc(/C=C2\C(=O)NC(=O)N(Cc3ccco3)C2=O)cc(Cl)c1OCc1ccc2ccccc2c1. The van der Waals surface area contributed by atoms with Crippen molar-refractivity contribution in [3.05, 3.63) is 100 Å². The van der Waals surface area contributed by atoms with Gasteiger partial charge in [0, 0.05) is 0 Å². The molecule has 0 unspecified atom stereocenters. The number of hydrogen-bond donors (Lipinski definition) is 1. The number of rotatable bonds is 8. The van der Waals surface area contributed by atoms with Gasteiger partial charge in [-0.2, -0.15) is 0 Å². The van der Waals surface area contributed by atoms with Crippen LogP contribution in [0.2, 0.25) is 5.02 Å². The van der Waals surface area contributed by atoms with Crippen molar-refractivity contribution in [2.75, 3.05) is 6.61 Å². The number of hydrogen-bond acceptors (Lipinski definition) is 6. The summed E-state index contributed by atoms with van der Waals surface area (Å²) in [6, 6.07) is 19.8. The number of furan rings is 1. The molecule has 3 aromatic carbocycles. The molecule has 9 heteroatoms. The highest BCUT2D eigenvalue weighted by Gasteiger charge is 2.36. The third-order valence-electron chi connectivity index (χ3n) is 5.92. The Morgan fingerprint density at radius 1 is 0.974 bits per heavy atom. The number of nitrogens with one attached hydrogen (secondary N) is 1. The Morgan fingerprint density at radius 2 is 1.79 bits per heavy atom. The summed E-state index contributed by atoms with van der Waals surface area (Å²) >= 11 is 6.57. The Labute approximate surface area is 223 Å². The van der Waals surface area contributed by atoms with Crippen molar-refractivity contribution in [1.29, 1.82) is 0 Å². The van der Waals surface area contributed by atoms with Gasteiger partial charge < -0.3 is 13.9 Å². The first-order chi connectivity index (χ1) is 18.4. The molecule has 0 atom stereocenters. The van der Waals surface area contributed by atoms with E-state index in [4.69, 9.17) is 25.5 Å². The highest BCUT2D eigenvalue weighted by molar-refractivity contribution is 6.33. The van der Waals surface area contributed by atoms with Gasteiger partial charge in [0.1, 0.15) is 17.9 Å². The monoisotopic (exact) mass is 530 g/mol. The molecule has 5 rings (SSSR count). The van der Waals surface area contributed by atoms with E-state index in [9.17, 15) is 14.4 Å². The lowest BCUT2D eigenvalue weighted by Gasteiger charge is -2.25. The molecule has 2 heterocycles. The van der Waals surface area contributed by atoms with E-state index in [-0.39, 0.29) is 23.7 Å². The molecule has 0 saturated carbocycles. The number of carbonyl (C=O) groups is 3. The summed E-state index contributed by atoms with van der Waals surface area (Å²) in [7, 11) is 0. The van der Waals surface area contributed by atoms with Gasteiger partial charge in [-0.05, 0) is 65.2 Å². The molecule has 1 aliphatic heterocycles. The number of urea groups is 1. The van der Waals surface area contributed by atoms with Gasteiger partial charge in [-0.3, -0.25) is 19.8 Å². The Balaban J connectivity index is 1.41. The molecule has 1 saturated heterocycles. The summed E-state index contributed by atoms with van der Waals surface area (Å²) in [5, 5.41) is 4.66. The molecule has 0 bridgehead atoms. The number of barbiturate groups is 1. The van der Waals surface area contributed by atoms with Crippen molar-refractivity contribution in [1.82, 2.24) is 10.2 Å². The fraction of sp³-hybridized carbons (Fsp3) is 0.138. The fourth-order valence-electron chi connectivity index (χ4n) is 4.12. The van der Waals surface area contributed by atoms with Crippen molar-refractivity contribution < 1.29 is 28.3 Å². The fourth-order valence-corrected chi connectivity index (χ4v) is 4.39. The third kappa shape index (κ3) is 5.26. The number of amides is 4. The Kier molecular flexibility index (Phi) is 7.15. The van der Waals surface area contributed by atoms with Crippen LogP contribution in [0.15, 0.2) is 83.0 Å². The van der Waals surface area contributed by atoms with E-state index in [2.05, 4.69) is 5.32 Å². The summed E-state index contributed by atoms with van der Waals surface area (Å²) in [6.07, 6.45) is 2.80. The van der Waals surface area contributed by atoms with Crippen LogP contribution in [0, 0.1) is 0 Å². The zero-order chi connectivity index (χ0) is 26.6. The number of nitrogens with zero attached hydrogens (tertiary/aromatic N) is 1. The summed E-state index contributed by atoms with van der Waals surface area (Å²) < 4.78 is 17.0. The second-order valence-corrected chi connectivity index (χ2v) is 8.93. The van der Waals surface area contributed by atoms with Gasteiger partial charge in [0.2, 0.25) is 0 Å². The molecule has 1 fully saturated rings. The molecular formula is C29H23ClN2O6.